The minimum Gasteiger partial charge on any atom is -0.387 e. The second-order valence-corrected chi connectivity index (χ2v) is 10.9. The Kier molecular flexibility index (Phi) is 8.46. The molecule has 0 amide bonds. The first-order valence-electron chi connectivity index (χ1n) is 10.9. The van der Waals surface area contributed by atoms with E-state index in [9.17, 15) is 29.7 Å². The molecule has 198 valence electrons. The predicted octanol–water partition coefficient (Wildman–Crippen LogP) is 1.55. The maximum atomic E-state index is 13.5. The quantitative estimate of drug-likeness (QED) is 0.152. The largest absolute Gasteiger partial charge is 0.406 e. The number of aliphatic hydroxyl groups excluding tert-OH is 2. The van der Waals surface area contributed by atoms with Crippen molar-refractivity contribution in [3.8, 4) is 0 Å². The summed E-state index contributed by atoms with van der Waals surface area (Å²) < 4.78 is 31.2. The lowest BCUT2D eigenvalue weighted by Crippen LogP contribution is -2.36. The second-order valence-electron chi connectivity index (χ2n) is 7.97. The van der Waals surface area contributed by atoms with Crippen molar-refractivity contribution in [2.24, 2.45) is 0 Å². The molecule has 3 aromatic rings. The van der Waals surface area contributed by atoms with Gasteiger partial charge in [-0.1, -0.05) is 41.7 Å². The molecule has 3 unspecified atom stereocenters. The van der Waals surface area contributed by atoms with Crippen LogP contribution in [0, 0.1) is 10.1 Å². The van der Waals surface area contributed by atoms with Crippen LogP contribution in [0.5, 0.6) is 0 Å². The fraction of sp³-hybridized carbons (Fsp3) is 0.333. The van der Waals surface area contributed by atoms with Gasteiger partial charge in [0.1, 0.15) is 24.1 Å². The average molecular weight is 553 g/mol. The third-order valence-electron chi connectivity index (χ3n) is 5.40. The van der Waals surface area contributed by atoms with Crippen molar-refractivity contribution in [3.63, 3.8) is 0 Å². The van der Waals surface area contributed by atoms with E-state index in [1.165, 1.54) is 24.4 Å². The van der Waals surface area contributed by atoms with Crippen LogP contribution in [0.4, 0.5) is 10.8 Å². The Hall–Kier alpha value is -3.01. The van der Waals surface area contributed by atoms with Crippen LogP contribution in [0.15, 0.2) is 59.5 Å². The Labute approximate surface area is 214 Å². The maximum absolute atomic E-state index is 13.5. The summed E-state index contributed by atoms with van der Waals surface area (Å²) in [7, 11) is -4.05. The van der Waals surface area contributed by atoms with E-state index in [4.69, 9.17) is 19.5 Å². The molecule has 16 heteroatoms. The molecule has 1 fully saturated rings. The smallest absolute Gasteiger partial charge is 0.387 e. The molecule has 4 rings (SSSR count). The first-order valence-corrected chi connectivity index (χ1v) is 13.3. The molecule has 1 saturated heterocycles. The lowest BCUT2D eigenvalue weighted by Gasteiger charge is -2.22. The molecule has 37 heavy (non-hydrogen) atoms. The van der Waals surface area contributed by atoms with Crippen LogP contribution in [0.25, 0.3) is 0 Å². The van der Waals surface area contributed by atoms with Gasteiger partial charge in [-0.3, -0.25) is 23.7 Å². The first-order chi connectivity index (χ1) is 17.6. The number of aliphatic hydroxyl groups is 2. The molecule has 1 aliphatic rings. The number of nitrogens with one attached hydrogen (secondary N) is 1. The zero-order valence-electron chi connectivity index (χ0n) is 19.2. The highest BCUT2D eigenvalue weighted by molar-refractivity contribution is 7.51. The van der Waals surface area contributed by atoms with Crippen LogP contribution < -0.4 is 16.5 Å². The monoisotopic (exact) mass is 553 g/mol. The number of hydrogen-bond acceptors (Lipinski definition) is 12. The van der Waals surface area contributed by atoms with Crippen molar-refractivity contribution in [2.45, 2.75) is 37.7 Å². The Bertz CT molecular complexity index is 1340. The predicted molar refractivity (Wildman–Crippen MR) is 131 cm³/mol. The van der Waals surface area contributed by atoms with Gasteiger partial charge in [0.2, 0.25) is 0 Å². The number of aromatic nitrogens is 2. The molecular weight excluding hydrogens is 529 g/mol. The zero-order valence-corrected chi connectivity index (χ0v) is 20.9. The second kappa shape index (κ2) is 11.6. The Morgan fingerprint density at radius 3 is 2.62 bits per heavy atom. The van der Waals surface area contributed by atoms with Gasteiger partial charge in [0.05, 0.1) is 18.1 Å². The van der Waals surface area contributed by atoms with Gasteiger partial charge in [-0.05, 0) is 17.7 Å². The molecule has 14 nitrogen and oxygen atoms in total. The van der Waals surface area contributed by atoms with Crippen LogP contribution in [0.2, 0.25) is 0 Å². The van der Waals surface area contributed by atoms with Gasteiger partial charge in [0.25, 0.3) is 0 Å². The highest BCUT2D eigenvalue weighted by Gasteiger charge is 2.45. The first kappa shape index (κ1) is 27.0. The summed E-state index contributed by atoms with van der Waals surface area (Å²) >= 11 is 0.867. The molecule has 0 radical (unpaired) electrons. The molecule has 2 aromatic heterocycles. The number of nitro groups is 1. The third kappa shape index (κ3) is 6.66. The Morgan fingerprint density at radius 1 is 1.19 bits per heavy atom. The van der Waals surface area contributed by atoms with E-state index in [0.29, 0.717) is 4.88 Å². The number of benzene rings is 1. The lowest BCUT2D eigenvalue weighted by atomic mass is 10.1. The number of nitrogen functional groups attached to an aromatic ring is 1. The molecule has 0 bridgehead atoms. The minimum atomic E-state index is -4.05. The van der Waals surface area contributed by atoms with E-state index in [1.807, 2.05) is 6.07 Å². The number of nitrogens with zero attached hydrogens (tertiary/aromatic N) is 3. The number of ether oxygens (including phenoxy) is 1. The van der Waals surface area contributed by atoms with Gasteiger partial charge in [0, 0.05) is 23.7 Å². The lowest BCUT2D eigenvalue weighted by molar-refractivity contribution is -0.380. The third-order valence-corrected chi connectivity index (χ3v) is 7.91. The molecule has 1 aromatic carbocycles. The van der Waals surface area contributed by atoms with Gasteiger partial charge >= 0.3 is 18.4 Å². The van der Waals surface area contributed by atoms with Crippen LogP contribution in [0.1, 0.15) is 16.7 Å². The van der Waals surface area contributed by atoms with E-state index in [0.717, 1.165) is 21.5 Å². The van der Waals surface area contributed by atoms with E-state index in [1.54, 1.807) is 24.3 Å². The number of hydrogen-bond donors (Lipinski definition) is 4. The van der Waals surface area contributed by atoms with Crippen molar-refractivity contribution in [2.75, 3.05) is 12.3 Å². The molecular formula is C21H24N5O9PS. The van der Waals surface area contributed by atoms with E-state index < -0.39 is 49.5 Å². The highest BCUT2D eigenvalue weighted by atomic mass is 32.1. The fourth-order valence-electron chi connectivity index (χ4n) is 3.49. The normalized spacial score (nSPS) is 23.1. The fourth-order valence-corrected chi connectivity index (χ4v) is 5.60. The summed E-state index contributed by atoms with van der Waals surface area (Å²) in [6, 6.07) is 13.1. The van der Waals surface area contributed by atoms with Gasteiger partial charge in [-0.2, -0.15) is 4.98 Å². The van der Waals surface area contributed by atoms with Crippen molar-refractivity contribution in [3.05, 3.63) is 85.8 Å². The van der Waals surface area contributed by atoms with Crippen LogP contribution in [-0.4, -0.2) is 49.6 Å². The summed E-state index contributed by atoms with van der Waals surface area (Å²) in [4.78, 5) is 26.6. The SMILES string of the molecule is Nc1ccn(C2O[C@H](COP(=O)(NCc3ccccc3)OCc3ccc([N+](=O)[O-])s3)[C@H](O)C2O)c(=O)n1. The van der Waals surface area contributed by atoms with Crippen LogP contribution >= 0.6 is 19.1 Å². The van der Waals surface area contributed by atoms with E-state index in [2.05, 4.69) is 10.1 Å². The van der Waals surface area contributed by atoms with E-state index >= 15 is 0 Å². The number of rotatable bonds is 11. The molecule has 0 saturated carbocycles. The van der Waals surface area contributed by atoms with Crippen molar-refractivity contribution in [1.82, 2.24) is 14.6 Å². The standard InChI is InChI=1S/C21H24N5O9PS/c22-16-8-9-25(21(29)24-16)20-19(28)18(27)15(35-20)12-34-36(32,23-10-13-4-2-1-3-5-13)33-11-14-6-7-17(37-14)26(30)31/h1-9,15,18-20,27-28H,10-12H2,(H,23,32)(H2,22,24,29)/t15-,18+,19?,20?,36?/m1/s1. The zero-order chi connectivity index (χ0) is 26.6. The summed E-state index contributed by atoms with van der Waals surface area (Å²) in [6.45, 7) is -0.618. The van der Waals surface area contributed by atoms with Gasteiger partial charge in [-0.25, -0.2) is 14.4 Å². The molecule has 5 atom stereocenters. The number of thiophene rings is 1. The topological polar surface area (TPSA) is 201 Å². The number of nitrogens with two attached hydrogens (primary N) is 1. The van der Waals surface area contributed by atoms with Crippen molar-refractivity contribution >= 4 is 29.9 Å². The van der Waals surface area contributed by atoms with E-state index in [-0.39, 0.29) is 24.0 Å². The Morgan fingerprint density at radius 2 is 1.95 bits per heavy atom. The minimum absolute atomic E-state index is 0.0205. The molecule has 1 aliphatic heterocycles. The highest BCUT2D eigenvalue weighted by Crippen LogP contribution is 2.46. The summed E-state index contributed by atoms with van der Waals surface area (Å²) in [5.41, 5.74) is 5.48. The Balaban J connectivity index is 1.45. The molecule has 5 N–H and O–H groups in total. The molecule has 0 spiro atoms. The molecule has 0 aliphatic carbocycles. The van der Waals surface area contributed by atoms with Crippen LogP contribution in [0.3, 0.4) is 0 Å². The van der Waals surface area contributed by atoms with Crippen LogP contribution in [-0.2, 0) is 31.5 Å². The maximum Gasteiger partial charge on any atom is 0.406 e. The van der Waals surface area contributed by atoms with Gasteiger partial charge in [0.15, 0.2) is 6.23 Å². The van der Waals surface area contributed by atoms with Gasteiger partial charge in [-0.15, -0.1) is 0 Å². The summed E-state index contributed by atoms with van der Waals surface area (Å²) in [6.07, 6.45) is -4.20. The average Bonchev–Trinajstić information content (AvgIpc) is 3.47. The number of anilines is 1. The van der Waals surface area contributed by atoms with Crippen molar-refractivity contribution < 1.29 is 33.5 Å². The summed E-state index contributed by atoms with van der Waals surface area (Å²) in [5.74, 6) is -0.0205. The van der Waals surface area contributed by atoms with Gasteiger partial charge < -0.3 is 20.7 Å². The molecule has 3 heterocycles. The summed E-state index contributed by atoms with van der Waals surface area (Å²) in [5, 5.41) is 34.5. The van der Waals surface area contributed by atoms with Crippen molar-refractivity contribution in [1.29, 1.82) is 0 Å².